The molecule has 0 saturated carbocycles. The van der Waals surface area contributed by atoms with E-state index in [9.17, 15) is 9.90 Å². The van der Waals surface area contributed by atoms with Crippen LogP contribution in [0.15, 0.2) is 54.7 Å². The van der Waals surface area contributed by atoms with Gasteiger partial charge in [-0.1, -0.05) is 42.5 Å². The second-order valence-electron chi connectivity index (χ2n) is 5.49. The van der Waals surface area contributed by atoms with E-state index >= 15 is 0 Å². The average Bonchev–Trinajstić information content (AvgIpc) is 2.97. The lowest BCUT2D eigenvalue weighted by Gasteiger charge is -2.09. The number of rotatable bonds is 6. The maximum absolute atomic E-state index is 10.9. The van der Waals surface area contributed by atoms with Crippen LogP contribution >= 0.6 is 0 Å². The zero-order chi connectivity index (χ0) is 16.2. The molecule has 0 bridgehead atoms. The topological polar surface area (TPSA) is 92.8 Å². The van der Waals surface area contributed by atoms with Crippen molar-refractivity contribution in [1.29, 1.82) is 0 Å². The minimum atomic E-state index is -1.14. The number of para-hydroxylation sites is 1. The Bertz CT molecular complexity index is 812. The first-order chi connectivity index (χ1) is 11.1. The zero-order valence-electron chi connectivity index (χ0n) is 12.6. The van der Waals surface area contributed by atoms with E-state index < -0.39 is 12.0 Å². The summed E-state index contributed by atoms with van der Waals surface area (Å²) in [6.07, 6.45) is 2.13. The van der Waals surface area contributed by atoms with Gasteiger partial charge in [0.2, 0.25) is 0 Å². The summed E-state index contributed by atoms with van der Waals surface area (Å²) in [7, 11) is 0. The summed E-state index contributed by atoms with van der Waals surface area (Å²) in [5.41, 5.74) is 6.46. The molecule has 0 aliphatic heterocycles. The maximum atomic E-state index is 10.9. The third-order valence-electron chi connectivity index (χ3n) is 3.80. The number of ether oxygens (including phenoxy) is 1. The molecular formula is C18H18N2O3. The highest BCUT2D eigenvalue weighted by Gasteiger charge is 2.14. The molecule has 0 saturated heterocycles. The lowest BCUT2D eigenvalue weighted by Crippen LogP contribution is -2.69. The first-order valence-corrected chi connectivity index (χ1v) is 7.45. The van der Waals surface area contributed by atoms with Crippen molar-refractivity contribution in [3.05, 3.63) is 65.9 Å². The van der Waals surface area contributed by atoms with E-state index in [1.165, 1.54) is 0 Å². The van der Waals surface area contributed by atoms with Gasteiger partial charge in [0.1, 0.15) is 18.4 Å². The fraction of sp³-hybridized carbons (Fsp3) is 0.167. The fourth-order valence-corrected chi connectivity index (χ4v) is 2.56. The molecule has 0 unspecified atom stereocenters. The Morgan fingerprint density at radius 2 is 1.96 bits per heavy atom. The Balaban J connectivity index is 1.82. The van der Waals surface area contributed by atoms with Crippen LogP contribution in [0.2, 0.25) is 0 Å². The molecule has 1 aromatic heterocycles. The standard InChI is InChI=1S/C18H18N2O3/c19-15(18(21)22)9-13-10-20-17-14(13)7-4-8-16(17)23-11-12-5-2-1-3-6-12/h1-8,10,15,20H,9,11,19H2,(H,21,22)/t15-/m1/s1. The summed E-state index contributed by atoms with van der Waals surface area (Å²) in [5.74, 6) is -0.400. The predicted octanol–water partition coefficient (Wildman–Crippen LogP) is 0.650. The molecule has 5 heteroatoms. The first kappa shape index (κ1) is 15.1. The highest BCUT2D eigenvalue weighted by atomic mass is 16.5. The molecule has 0 aliphatic carbocycles. The van der Waals surface area contributed by atoms with Gasteiger partial charge in [0.25, 0.3) is 0 Å². The first-order valence-electron chi connectivity index (χ1n) is 7.45. The number of hydrogen-bond donors (Lipinski definition) is 2. The molecule has 118 valence electrons. The van der Waals surface area contributed by atoms with Gasteiger partial charge in [-0.25, -0.2) is 0 Å². The van der Waals surface area contributed by atoms with Crippen molar-refractivity contribution in [1.82, 2.24) is 4.98 Å². The number of fused-ring (bicyclic) bond motifs is 1. The number of H-pyrrole nitrogens is 1. The van der Waals surface area contributed by atoms with Crippen molar-refractivity contribution in [3.8, 4) is 5.75 Å². The molecule has 0 aliphatic rings. The Morgan fingerprint density at radius 1 is 1.17 bits per heavy atom. The second-order valence-corrected chi connectivity index (χ2v) is 5.49. The number of carboxylic acid groups (broad SMARTS) is 1. The minimum absolute atomic E-state index is 0.324. The summed E-state index contributed by atoms with van der Waals surface area (Å²) in [4.78, 5) is 14.1. The number of carboxylic acids is 1. The molecule has 2 aromatic carbocycles. The second kappa shape index (κ2) is 6.54. The van der Waals surface area contributed by atoms with Crippen LogP contribution in [-0.4, -0.2) is 17.0 Å². The molecule has 1 atom stereocenters. The van der Waals surface area contributed by atoms with Crippen molar-refractivity contribution in [2.45, 2.75) is 19.1 Å². The predicted molar refractivity (Wildman–Crippen MR) is 84.5 cm³/mol. The van der Waals surface area contributed by atoms with E-state index in [-0.39, 0.29) is 0 Å². The number of nitrogens with one attached hydrogen (secondary N) is 1. The third-order valence-corrected chi connectivity index (χ3v) is 3.80. The molecule has 0 fully saturated rings. The van der Waals surface area contributed by atoms with Crippen LogP contribution in [-0.2, 0) is 17.8 Å². The zero-order valence-corrected chi connectivity index (χ0v) is 12.6. The maximum Gasteiger partial charge on any atom is 0.143 e. The quantitative estimate of drug-likeness (QED) is 0.700. The van der Waals surface area contributed by atoms with E-state index in [1.54, 1.807) is 6.20 Å². The molecule has 0 spiro atoms. The average molecular weight is 310 g/mol. The number of hydrogen-bond acceptors (Lipinski definition) is 3. The number of quaternary nitrogens is 1. The van der Waals surface area contributed by atoms with Gasteiger partial charge in [0.15, 0.2) is 0 Å². The number of carbonyl (C=O) groups excluding carboxylic acids is 1. The number of aliphatic carboxylic acids is 1. The lowest BCUT2D eigenvalue weighted by atomic mass is 10.1. The van der Waals surface area contributed by atoms with Gasteiger partial charge < -0.3 is 25.4 Å². The number of aromatic amines is 1. The molecule has 0 amide bonds. The molecule has 4 N–H and O–H groups in total. The van der Waals surface area contributed by atoms with Gasteiger partial charge in [0, 0.05) is 18.0 Å². The van der Waals surface area contributed by atoms with E-state index in [4.69, 9.17) is 4.74 Å². The molecule has 3 rings (SSSR count). The highest BCUT2D eigenvalue weighted by molar-refractivity contribution is 5.88. The van der Waals surface area contributed by atoms with Gasteiger partial charge in [-0.05, 0) is 17.2 Å². The van der Waals surface area contributed by atoms with Gasteiger partial charge in [-0.15, -0.1) is 0 Å². The van der Waals surface area contributed by atoms with Gasteiger partial charge in [0.05, 0.1) is 11.5 Å². The van der Waals surface area contributed by atoms with Crippen LogP contribution in [0.3, 0.4) is 0 Å². The molecule has 3 aromatic rings. The van der Waals surface area contributed by atoms with Crippen LogP contribution in [0.25, 0.3) is 10.9 Å². The Kier molecular flexibility index (Phi) is 4.30. The van der Waals surface area contributed by atoms with Crippen molar-refractivity contribution in [2.75, 3.05) is 0 Å². The molecule has 0 radical (unpaired) electrons. The number of benzene rings is 2. The van der Waals surface area contributed by atoms with Gasteiger partial charge >= 0.3 is 0 Å². The summed E-state index contributed by atoms with van der Waals surface area (Å²) < 4.78 is 5.90. The van der Waals surface area contributed by atoms with Crippen LogP contribution < -0.4 is 15.6 Å². The highest BCUT2D eigenvalue weighted by Crippen LogP contribution is 2.28. The van der Waals surface area contributed by atoms with E-state index in [2.05, 4.69) is 10.7 Å². The Labute approximate surface area is 133 Å². The third kappa shape index (κ3) is 3.35. The van der Waals surface area contributed by atoms with Gasteiger partial charge in [-0.3, -0.25) is 0 Å². The van der Waals surface area contributed by atoms with Crippen molar-refractivity contribution in [3.63, 3.8) is 0 Å². The van der Waals surface area contributed by atoms with Crippen molar-refractivity contribution < 1.29 is 20.4 Å². The summed E-state index contributed by atoms with van der Waals surface area (Å²) in [6.45, 7) is 0.477. The Hall–Kier alpha value is -2.79. The van der Waals surface area contributed by atoms with Crippen LogP contribution in [0.4, 0.5) is 0 Å². The molecular weight excluding hydrogens is 292 g/mol. The monoisotopic (exact) mass is 310 g/mol. The van der Waals surface area contributed by atoms with Crippen LogP contribution in [0, 0.1) is 0 Å². The van der Waals surface area contributed by atoms with Crippen LogP contribution in [0.5, 0.6) is 5.75 Å². The summed E-state index contributed by atoms with van der Waals surface area (Å²) in [6, 6.07) is 14.9. The molecule has 23 heavy (non-hydrogen) atoms. The van der Waals surface area contributed by atoms with E-state index in [0.717, 1.165) is 27.8 Å². The van der Waals surface area contributed by atoms with Crippen molar-refractivity contribution >= 4 is 16.9 Å². The fourth-order valence-electron chi connectivity index (χ4n) is 2.56. The summed E-state index contributed by atoms with van der Waals surface area (Å²) in [5, 5.41) is 11.8. The van der Waals surface area contributed by atoms with E-state index in [1.807, 2.05) is 48.5 Å². The normalized spacial score (nSPS) is 12.2. The lowest BCUT2D eigenvalue weighted by molar-refractivity contribution is -0.436. The SMILES string of the molecule is [NH3+][C@H](Cc1c[nH]c2c(OCc3ccccc3)cccc12)C(=O)[O-]. The molecule has 1 heterocycles. The summed E-state index contributed by atoms with van der Waals surface area (Å²) >= 11 is 0. The van der Waals surface area contributed by atoms with Crippen molar-refractivity contribution in [2.24, 2.45) is 0 Å². The van der Waals surface area contributed by atoms with Crippen LogP contribution in [0.1, 0.15) is 11.1 Å². The number of carbonyl (C=O) groups is 1. The van der Waals surface area contributed by atoms with Gasteiger partial charge in [-0.2, -0.15) is 0 Å². The minimum Gasteiger partial charge on any atom is -0.544 e. The smallest absolute Gasteiger partial charge is 0.143 e. The number of aromatic nitrogens is 1. The van der Waals surface area contributed by atoms with E-state index in [0.29, 0.717) is 13.0 Å². The molecule has 5 nitrogen and oxygen atoms in total. The largest absolute Gasteiger partial charge is 0.544 e. The Morgan fingerprint density at radius 3 is 2.70 bits per heavy atom.